The minimum atomic E-state index is 0.561. The first-order valence-corrected chi connectivity index (χ1v) is 7.99. The average molecular weight is 335 g/mol. The summed E-state index contributed by atoms with van der Waals surface area (Å²) < 4.78 is 11.1. The van der Waals surface area contributed by atoms with Gasteiger partial charge >= 0.3 is 0 Å². The molecular formula is C18H17N5O2. The average Bonchev–Trinajstić information content (AvgIpc) is 2.67. The molecule has 1 aromatic carbocycles. The molecule has 1 aliphatic rings. The van der Waals surface area contributed by atoms with Crippen LogP contribution in [0.4, 0.5) is 17.3 Å². The van der Waals surface area contributed by atoms with Crippen molar-refractivity contribution in [3.63, 3.8) is 0 Å². The van der Waals surface area contributed by atoms with E-state index in [9.17, 15) is 0 Å². The third-order valence-electron chi connectivity index (χ3n) is 3.66. The number of nitrogens with one attached hydrogen (secondary N) is 2. The number of anilines is 3. The Morgan fingerprint density at radius 2 is 1.76 bits per heavy atom. The largest absolute Gasteiger partial charge is 0.486 e. The van der Waals surface area contributed by atoms with Crippen molar-refractivity contribution in [3.8, 4) is 11.5 Å². The summed E-state index contributed by atoms with van der Waals surface area (Å²) in [6, 6.07) is 13.4. The van der Waals surface area contributed by atoms with Crippen molar-refractivity contribution in [2.24, 2.45) is 0 Å². The van der Waals surface area contributed by atoms with Crippen molar-refractivity contribution < 1.29 is 9.47 Å². The normalized spacial score (nSPS) is 12.5. The number of pyridine rings is 1. The Kier molecular flexibility index (Phi) is 4.28. The maximum Gasteiger partial charge on any atom is 0.163 e. The first-order valence-electron chi connectivity index (χ1n) is 7.99. The van der Waals surface area contributed by atoms with Gasteiger partial charge in [0, 0.05) is 24.0 Å². The number of rotatable bonds is 5. The molecule has 0 saturated heterocycles. The van der Waals surface area contributed by atoms with Crippen LogP contribution >= 0.6 is 0 Å². The van der Waals surface area contributed by atoms with Gasteiger partial charge in [-0.05, 0) is 24.3 Å². The van der Waals surface area contributed by atoms with Crippen LogP contribution < -0.4 is 20.1 Å². The van der Waals surface area contributed by atoms with Crippen LogP contribution in [0.25, 0.3) is 0 Å². The van der Waals surface area contributed by atoms with E-state index in [1.54, 1.807) is 6.20 Å². The molecule has 126 valence electrons. The standard InChI is InChI=1S/C18H17N5O2/c1-2-6-19-14(3-1)11-20-17-10-18(22-12-21-17)23-13-4-5-15-16(9-13)25-8-7-24-15/h1-6,9-10,12H,7-8,11H2,(H2,20,21,22,23). The molecule has 0 fully saturated rings. The molecule has 0 spiro atoms. The lowest BCUT2D eigenvalue weighted by Gasteiger charge is -2.19. The van der Waals surface area contributed by atoms with Crippen LogP contribution in [0.1, 0.15) is 5.69 Å². The van der Waals surface area contributed by atoms with Gasteiger partial charge in [-0.25, -0.2) is 9.97 Å². The number of benzene rings is 1. The second-order valence-electron chi connectivity index (χ2n) is 5.45. The lowest BCUT2D eigenvalue weighted by Crippen LogP contribution is -2.15. The van der Waals surface area contributed by atoms with Gasteiger partial charge in [-0.2, -0.15) is 0 Å². The first kappa shape index (κ1) is 15.2. The summed E-state index contributed by atoms with van der Waals surface area (Å²) in [5.74, 6) is 2.91. The molecule has 0 saturated carbocycles. The van der Waals surface area contributed by atoms with E-state index in [4.69, 9.17) is 9.47 Å². The molecule has 0 amide bonds. The monoisotopic (exact) mass is 335 g/mol. The van der Waals surface area contributed by atoms with Crippen molar-refractivity contribution in [1.82, 2.24) is 15.0 Å². The number of nitrogens with zero attached hydrogens (tertiary/aromatic N) is 3. The van der Waals surface area contributed by atoms with Crippen LogP contribution in [0.2, 0.25) is 0 Å². The Balaban J connectivity index is 1.44. The predicted octanol–water partition coefficient (Wildman–Crippen LogP) is 3.00. The minimum Gasteiger partial charge on any atom is -0.486 e. The molecule has 3 aromatic rings. The fraction of sp³-hybridized carbons (Fsp3) is 0.167. The van der Waals surface area contributed by atoms with Crippen LogP contribution in [0.5, 0.6) is 11.5 Å². The number of fused-ring (bicyclic) bond motifs is 1. The maximum absolute atomic E-state index is 5.60. The number of aromatic nitrogens is 3. The molecule has 2 N–H and O–H groups in total. The molecule has 0 radical (unpaired) electrons. The summed E-state index contributed by atoms with van der Waals surface area (Å²) in [6.07, 6.45) is 3.28. The van der Waals surface area contributed by atoms with E-state index in [1.165, 1.54) is 6.33 Å². The molecule has 0 aliphatic carbocycles. The van der Waals surface area contributed by atoms with Crippen molar-refractivity contribution in [1.29, 1.82) is 0 Å². The minimum absolute atomic E-state index is 0.561. The van der Waals surface area contributed by atoms with Crippen LogP contribution in [0.15, 0.2) is 55.0 Å². The Morgan fingerprint density at radius 1 is 0.880 bits per heavy atom. The quantitative estimate of drug-likeness (QED) is 0.742. The van der Waals surface area contributed by atoms with E-state index < -0.39 is 0 Å². The smallest absolute Gasteiger partial charge is 0.163 e. The number of hydrogen-bond acceptors (Lipinski definition) is 7. The summed E-state index contributed by atoms with van der Waals surface area (Å²) in [4.78, 5) is 12.8. The second-order valence-corrected chi connectivity index (χ2v) is 5.45. The molecule has 0 atom stereocenters. The fourth-order valence-corrected chi connectivity index (χ4v) is 2.48. The van der Waals surface area contributed by atoms with Crippen molar-refractivity contribution in [2.75, 3.05) is 23.8 Å². The third-order valence-corrected chi connectivity index (χ3v) is 3.66. The summed E-state index contributed by atoms with van der Waals surface area (Å²) in [5.41, 5.74) is 1.82. The Morgan fingerprint density at radius 3 is 2.64 bits per heavy atom. The molecule has 2 aromatic heterocycles. The van der Waals surface area contributed by atoms with Crippen molar-refractivity contribution >= 4 is 17.3 Å². The summed E-state index contributed by atoms with van der Waals surface area (Å²) in [5, 5.41) is 6.49. The summed E-state index contributed by atoms with van der Waals surface area (Å²) in [6.45, 7) is 1.74. The van der Waals surface area contributed by atoms with Gasteiger partial charge < -0.3 is 20.1 Å². The van der Waals surface area contributed by atoms with Gasteiger partial charge in [0.2, 0.25) is 0 Å². The molecule has 1 aliphatic heterocycles. The molecule has 0 bridgehead atoms. The van der Waals surface area contributed by atoms with Crippen LogP contribution in [0, 0.1) is 0 Å². The van der Waals surface area contributed by atoms with Gasteiger partial charge in [0.25, 0.3) is 0 Å². The fourth-order valence-electron chi connectivity index (χ4n) is 2.48. The molecule has 3 heterocycles. The zero-order valence-electron chi connectivity index (χ0n) is 13.5. The molecule has 0 unspecified atom stereocenters. The topological polar surface area (TPSA) is 81.2 Å². The van der Waals surface area contributed by atoms with Gasteiger partial charge in [0.05, 0.1) is 12.2 Å². The lowest BCUT2D eigenvalue weighted by molar-refractivity contribution is 0.171. The second kappa shape index (κ2) is 7.04. The molecule has 7 heteroatoms. The molecule has 7 nitrogen and oxygen atoms in total. The Labute approximate surface area is 145 Å². The first-order chi connectivity index (χ1) is 12.4. The van der Waals surface area contributed by atoms with Crippen LogP contribution in [-0.2, 0) is 6.54 Å². The van der Waals surface area contributed by atoms with Gasteiger partial charge in [0.15, 0.2) is 11.5 Å². The van der Waals surface area contributed by atoms with E-state index in [1.807, 2.05) is 42.5 Å². The Bertz CT molecular complexity index is 857. The molecule has 4 rings (SSSR count). The van der Waals surface area contributed by atoms with E-state index in [0.29, 0.717) is 25.6 Å². The number of hydrogen-bond donors (Lipinski definition) is 2. The highest BCUT2D eigenvalue weighted by Gasteiger charge is 2.12. The zero-order chi connectivity index (χ0) is 16.9. The van der Waals surface area contributed by atoms with E-state index in [2.05, 4.69) is 25.6 Å². The molecular weight excluding hydrogens is 318 g/mol. The van der Waals surface area contributed by atoms with Gasteiger partial charge in [0.1, 0.15) is 31.2 Å². The van der Waals surface area contributed by atoms with Crippen LogP contribution in [-0.4, -0.2) is 28.2 Å². The van der Waals surface area contributed by atoms with E-state index in [-0.39, 0.29) is 0 Å². The highest BCUT2D eigenvalue weighted by atomic mass is 16.6. The highest BCUT2D eigenvalue weighted by Crippen LogP contribution is 2.33. The third kappa shape index (κ3) is 3.77. The summed E-state index contributed by atoms with van der Waals surface area (Å²) >= 11 is 0. The molecule has 25 heavy (non-hydrogen) atoms. The highest BCUT2D eigenvalue weighted by molar-refractivity contribution is 5.63. The predicted molar refractivity (Wildman–Crippen MR) is 94.3 cm³/mol. The van der Waals surface area contributed by atoms with Gasteiger partial charge in [-0.15, -0.1) is 0 Å². The van der Waals surface area contributed by atoms with Crippen molar-refractivity contribution in [3.05, 3.63) is 60.7 Å². The zero-order valence-corrected chi connectivity index (χ0v) is 13.5. The van der Waals surface area contributed by atoms with Crippen molar-refractivity contribution in [2.45, 2.75) is 6.54 Å². The van der Waals surface area contributed by atoms with E-state index >= 15 is 0 Å². The van der Waals surface area contributed by atoms with E-state index in [0.717, 1.165) is 28.7 Å². The van der Waals surface area contributed by atoms with Gasteiger partial charge in [-0.1, -0.05) is 6.07 Å². The lowest BCUT2D eigenvalue weighted by atomic mass is 10.2. The maximum atomic E-state index is 5.60. The SMILES string of the molecule is c1ccc(CNc2cc(Nc3ccc4c(c3)OCCO4)ncn2)nc1. The van der Waals surface area contributed by atoms with Crippen LogP contribution in [0.3, 0.4) is 0 Å². The summed E-state index contributed by atoms with van der Waals surface area (Å²) in [7, 11) is 0. The Hall–Kier alpha value is -3.35. The number of ether oxygens (including phenoxy) is 2. The van der Waals surface area contributed by atoms with Gasteiger partial charge in [-0.3, -0.25) is 4.98 Å².